The second-order valence-corrected chi connectivity index (χ2v) is 12.9. The molecule has 0 atom stereocenters. The van der Waals surface area contributed by atoms with E-state index in [9.17, 15) is 26.0 Å². The summed E-state index contributed by atoms with van der Waals surface area (Å²) in [6.07, 6.45) is 0. The quantitative estimate of drug-likeness (QED) is 0.252. The van der Waals surface area contributed by atoms with Gasteiger partial charge in [0.1, 0.15) is 12.4 Å². The summed E-state index contributed by atoms with van der Waals surface area (Å²) in [5, 5.41) is 2.60. The van der Waals surface area contributed by atoms with E-state index in [-0.39, 0.29) is 21.2 Å². The molecule has 4 aromatic carbocycles. The smallest absolute Gasteiger partial charge is 0.264 e. The summed E-state index contributed by atoms with van der Waals surface area (Å²) in [6, 6.07) is 22.9. The van der Waals surface area contributed by atoms with Gasteiger partial charge in [0.15, 0.2) is 0 Å². The van der Waals surface area contributed by atoms with Crippen LogP contribution in [0.3, 0.4) is 0 Å². The Morgan fingerprint density at radius 3 is 1.90 bits per heavy atom. The highest BCUT2D eigenvalue weighted by Crippen LogP contribution is 2.25. The number of nitrogens with one attached hydrogen (secondary N) is 2. The number of hydrogen-bond donors (Lipinski definition) is 2. The van der Waals surface area contributed by atoms with Crippen LogP contribution >= 0.6 is 15.9 Å². The van der Waals surface area contributed by atoms with Crippen molar-refractivity contribution in [2.45, 2.75) is 16.7 Å². The van der Waals surface area contributed by atoms with Crippen LogP contribution in [0.2, 0.25) is 0 Å². The minimum atomic E-state index is -4.21. The molecule has 2 N–H and O–H groups in total. The van der Waals surface area contributed by atoms with Gasteiger partial charge >= 0.3 is 0 Å². The van der Waals surface area contributed by atoms with Crippen LogP contribution in [-0.2, 0) is 24.8 Å². The van der Waals surface area contributed by atoms with Crippen LogP contribution in [0.25, 0.3) is 0 Å². The van der Waals surface area contributed by atoms with E-state index in [1.165, 1.54) is 24.3 Å². The second kappa shape index (κ2) is 11.6. The fourth-order valence-corrected chi connectivity index (χ4v) is 6.28. The average molecular weight is 633 g/mol. The van der Waals surface area contributed by atoms with Crippen molar-refractivity contribution in [2.24, 2.45) is 0 Å². The molecule has 0 heterocycles. The fraction of sp³-hybridized carbons (Fsp3) is 0.0741. The Bertz CT molecular complexity index is 1680. The summed E-state index contributed by atoms with van der Waals surface area (Å²) in [6.45, 7) is 1.27. The van der Waals surface area contributed by atoms with Gasteiger partial charge < -0.3 is 5.32 Å². The van der Waals surface area contributed by atoms with E-state index in [1.807, 2.05) is 6.92 Å². The van der Waals surface area contributed by atoms with Gasteiger partial charge in [0, 0.05) is 15.8 Å². The number of aryl methyl sites for hydroxylation is 1. The van der Waals surface area contributed by atoms with E-state index >= 15 is 0 Å². The molecular weight excluding hydrogens is 609 g/mol. The monoisotopic (exact) mass is 631 g/mol. The number of hydrogen-bond acceptors (Lipinski definition) is 5. The van der Waals surface area contributed by atoms with Gasteiger partial charge in [-0.3, -0.25) is 13.8 Å². The fourth-order valence-electron chi connectivity index (χ4n) is 3.54. The molecule has 39 heavy (non-hydrogen) atoms. The van der Waals surface area contributed by atoms with Crippen LogP contribution in [0, 0.1) is 12.7 Å². The zero-order valence-electron chi connectivity index (χ0n) is 20.5. The van der Waals surface area contributed by atoms with Crippen LogP contribution in [0.1, 0.15) is 5.56 Å². The van der Waals surface area contributed by atoms with Gasteiger partial charge in [0.25, 0.3) is 20.0 Å². The predicted molar refractivity (Wildman–Crippen MR) is 152 cm³/mol. The number of carbonyl (C=O) groups excluding carboxylic acids is 1. The number of sulfonamides is 2. The molecule has 0 bridgehead atoms. The molecule has 1 amide bonds. The van der Waals surface area contributed by atoms with Gasteiger partial charge in [0.05, 0.1) is 15.5 Å². The molecule has 0 radical (unpaired) electrons. The Kier molecular flexibility index (Phi) is 8.38. The summed E-state index contributed by atoms with van der Waals surface area (Å²) >= 11 is 3.29. The molecule has 4 rings (SSSR count). The van der Waals surface area contributed by atoms with Gasteiger partial charge in [-0.1, -0.05) is 33.6 Å². The number of amides is 1. The van der Waals surface area contributed by atoms with Gasteiger partial charge in [-0.05, 0) is 91.9 Å². The van der Waals surface area contributed by atoms with E-state index in [4.69, 9.17) is 0 Å². The molecule has 0 aliphatic heterocycles. The average Bonchev–Trinajstić information content (AvgIpc) is 2.90. The first-order valence-electron chi connectivity index (χ1n) is 11.5. The van der Waals surface area contributed by atoms with E-state index in [0.717, 1.165) is 38.6 Å². The molecule has 0 fully saturated rings. The lowest BCUT2D eigenvalue weighted by molar-refractivity contribution is -0.114. The number of anilines is 3. The SMILES string of the molecule is Cc1ccc(N(CC(=O)Nc2ccc(S(=O)(=O)Nc3ccc(Br)cc3)cc2)S(=O)(=O)c2ccc(F)cc2)cc1. The Morgan fingerprint density at radius 2 is 1.31 bits per heavy atom. The maximum atomic E-state index is 13.4. The molecule has 0 saturated carbocycles. The largest absolute Gasteiger partial charge is 0.325 e. The highest BCUT2D eigenvalue weighted by molar-refractivity contribution is 9.10. The molecule has 0 saturated heterocycles. The third-order valence-electron chi connectivity index (χ3n) is 5.56. The topological polar surface area (TPSA) is 113 Å². The number of nitrogens with zero attached hydrogens (tertiary/aromatic N) is 1. The zero-order chi connectivity index (χ0) is 28.2. The Balaban J connectivity index is 1.52. The molecule has 12 heteroatoms. The molecule has 202 valence electrons. The normalized spacial score (nSPS) is 11.6. The van der Waals surface area contributed by atoms with Crippen LogP contribution in [0.5, 0.6) is 0 Å². The van der Waals surface area contributed by atoms with E-state index in [2.05, 4.69) is 26.0 Å². The van der Waals surface area contributed by atoms with Crippen molar-refractivity contribution in [3.05, 3.63) is 113 Å². The van der Waals surface area contributed by atoms with Crippen molar-refractivity contribution in [2.75, 3.05) is 20.9 Å². The minimum absolute atomic E-state index is 0.0245. The van der Waals surface area contributed by atoms with E-state index in [0.29, 0.717) is 5.69 Å². The lowest BCUT2D eigenvalue weighted by Crippen LogP contribution is -2.38. The number of benzene rings is 4. The third kappa shape index (κ3) is 7.02. The van der Waals surface area contributed by atoms with Gasteiger partial charge in [-0.2, -0.15) is 0 Å². The van der Waals surface area contributed by atoms with Crippen LogP contribution in [0.4, 0.5) is 21.5 Å². The maximum absolute atomic E-state index is 13.4. The summed E-state index contributed by atoms with van der Waals surface area (Å²) in [4.78, 5) is 12.7. The highest BCUT2D eigenvalue weighted by Gasteiger charge is 2.27. The predicted octanol–water partition coefficient (Wildman–Crippen LogP) is 5.53. The Hall–Kier alpha value is -3.74. The maximum Gasteiger partial charge on any atom is 0.264 e. The molecule has 0 spiro atoms. The van der Waals surface area contributed by atoms with Crippen molar-refractivity contribution in [3.63, 3.8) is 0 Å². The molecule has 0 aromatic heterocycles. The van der Waals surface area contributed by atoms with Crippen molar-refractivity contribution >= 4 is 58.9 Å². The van der Waals surface area contributed by atoms with Gasteiger partial charge in [-0.25, -0.2) is 21.2 Å². The lowest BCUT2D eigenvalue weighted by Gasteiger charge is -2.24. The Morgan fingerprint density at radius 1 is 0.769 bits per heavy atom. The highest BCUT2D eigenvalue weighted by atomic mass is 79.9. The Labute approximate surface area is 234 Å². The first-order valence-corrected chi connectivity index (χ1v) is 15.2. The minimum Gasteiger partial charge on any atom is -0.325 e. The number of carbonyl (C=O) groups is 1. The molecular formula is C27H23BrFN3O5S2. The standard InChI is InChI=1S/C27H23BrFN3O5S2/c1-19-2-12-24(13-3-19)32(39(36,37)26-14-6-21(29)7-15-26)18-27(33)30-22-10-16-25(17-11-22)38(34,35)31-23-8-4-20(28)5-9-23/h2-17,31H,18H2,1H3,(H,30,33). The first-order chi connectivity index (χ1) is 18.4. The summed E-state index contributed by atoms with van der Waals surface area (Å²) < 4.78 is 69.8. The third-order valence-corrected chi connectivity index (χ3v) is 9.27. The molecule has 0 aliphatic rings. The van der Waals surface area contributed by atoms with Gasteiger partial charge in [0.2, 0.25) is 5.91 Å². The van der Waals surface area contributed by atoms with Crippen molar-refractivity contribution in [3.8, 4) is 0 Å². The summed E-state index contributed by atoms with van der Waals surface area (Å²) in [5.41, 5.74) is 1.80. The summed E-state index contributed by atoms with van der Waals surface area (Å²) in [5.74, 6) is -1.25. The van der Waals surface area contributed by atoms with Crippen LogP contribution < -0.4 is 14.3 Å². The van der Waals surface area contributed by atoms with Crippen molar-refractivity contribution in [1.29, 1.82) is 0 Å². The van der Waals surface area contributed by atoms with Crippen molar-refractivity contribution in [1.82, 2.24) is 0 Å². The van der Waals surface area contributed by atoms with Crippen molar-refractivity contribution < 1.29 is 26.0 Å². The van der Waals surface area contributed by atoms with E-state index < -0.39 is 38.3 Å². The van der Waals surface area contributed by atoms with Crippen LogP contribution in [0.15, 0.2) is 111 Å². The molecule has 4 aromatic rings. The van der Waals surface area contributed by atoms with Crippen LogP contribution in [-0.4, -0.2) is 29.3 Å². The molecule has 0 aliphatic carbocycles. The summed E-state index contributed by atoms with van der Waals surface area (Å²) in [7, 11) is -8.09. The molecule has 0 unspecified atom stereocenters. The lowest BCUT2D eigenvalue weighted by atomic mass is 10.2. The van der Waals surface area contributed by atoms with Gasteiger partial charge in [-0.15, -0.1) is 0 Å². The number of rotatable bonds is 9. The number of halogens is 2. The first kappa shape index (κ1) is 28.3. The molecule has 8 nitrogen and oxygen atoms in total. The zero-order valence-corrected chi connectivity index (χ0v) is 23.7. The van der Waals surface area contributed by atoms with E-state index in [1.54, 1.807) is 48.5 Å². The second-order valence-electron chi connectivity index (χ2n) is 8.49.